The monoisotopic (exact) mass is 276 g/mol. The Labute approximate surface area is 118 Å². The highest BCUT2D eigenvalue weighted by atomic mass is 16.3. The van der Waals surface area contributed by atoms with Gasteiger partial charge in [0.2, 0.25) is 5.91 Å². The molecule has 1 aliphatic rings. The highest BCUT2D eigenvalue weighted by molar-refractivity contribution is 5.97. The Morgan fingerprint density at radius 1 is 1.35 bits per heavy atom. The van der Waals surface area contributed by atoms with Crippen LogP contribution in [0.3, 0.4) is 0 Å². The molecular weight excluding hydrogens is 256 g/mol. The summed E-state index contributed by atoms with van der Waals surface area (Å²) in [6, 6.07) is 5.43. The molecule has 3 N–H and O–H groups in total. The molecule has 0 saturated heterocycles. The largest absolute Gasteiger partial charge is 0.507 e. The summed E-state index contributed by atoms with van der Waals surface area (Å²) in [5.74, 6) is -0.259. The third kappa shape index (κ3) is 3.98. The first-order valence-corrected chi connectivity index (χ1v) is 6.94. The van der Waals surface area contributed by atoms with Crippen molar-refractivity contribution >= 4 is 11.8 Å². The van der Waals surface area contributed by atoms with E-state index in [1.807, 2.05) is 0 Å². The summed E-state index contributed by atoms with van der Waals surface area (Å²) in [6.07, 6.45) is 3.16. The first kappa shape index (κ1) is 14.4. The maximum absolute atomic E-state index is 11.9. The van der Waals surface area contributed by atoms with Gasteiger partial charge in [0.15, 0.2) is 0 Å². The van der Waals surface area contributed by atoms with Crippen LogP contribution in [0, 0.1) is 6.92 Å². The summed E-state index contributed by atoms with van der Waals surface area (Å²) < 4.78 is 0. The zero-order valence-corrected chi connectivity index (χ0v) is 11.6. The molecule has 0 aliphatic heterocycles. The molecule has 2 rings (SSSR count). The number of amides is 2. The van der Waals surface area contributed by atoms with Gasteiger partial charge in [-0.3, -0.25) is 9.59 Å². The van der Waals surface area contributed by atoms with E-state index >= 15 is 0 Å². The molecule has 0 radical (unpaired) electrons. The van der Waals surface area contributed by atoms with Crippen LogP contribution in [0.25, 0.3) is 0 Å². The van der Waals surface area contributed by atoms with Crippen molar-refractivity contribution in [3.8, 4) is 5.75 Å². The van der Waals surface area contributed by atoms with E-state index in [-0.39, 0.29) is 23.1 Å². The van der Waals surface area contributed by atoms with Gasteiger partial charge in [-0.05, 0) is 37.8 Å². The zero-order valence-electron chi connectivity index (χ0n) is 11.6. The van der Waals surface area contributed by atoms with E-state index in [1.165, 1.54) is 0 Å². The summed E-state index contributed by atoms with van der Waals surface area (Å²) >= 11 is 0. The average molecular weight is 276 g/mol. The van der Waals surface area contributed by atoms with Crippen molar-refractivity contribution in [1.82, 2.24) is 10.6 Å². The normalized spacial score (nSPS) is 13.8. The van der Waals surface area contributed by atoms with Gasteiger partial charge in [-0.2, -0.15) is 0 Å². The predicted octanol–water partition coefficient (Wildman–Crippen LogP) is 1.49. The number of carbonyl (C=O) groups is 2. The number of rotatable bonds is 6. The molecule has 1 saturated carbocycles. The lowest BCUT2D eigenvalue weighted by atomic mass is 10.1. The molecule has 0 unspecified atom stereocenters. The Balaban J connectivity index is 1.71. The minimum Gasteiger partial charge on any atom is -0.507 e. The summed E-state index contributed by atoms with van der Waals surface area (Å²) in [5, 5.41) is 15.4. The molecule has 0 bridgehead atoms. The first-order chi connectivity index (χ1) is 9.58. The molecule has 2 amide bonds. The number of para-hydroxylation sites is 1. The third-order valence-corrected chi connectivity index (χ3v) is 3.29. The number of aryl methyl sites for hydroxylation is 1. The quantitative estimate of drug-likeness (QED) is 0.689. The number of benzene rings is 1. The van der Waals surface area contributed by atoms with Crippen LogP contribution in [-0.2, 0) is 4.79 Å². The van der Waals surface area contributed by atoms with E-state index in [1.54, 1.807) is 25.1 Å². The maximum Gasteiger partial charge on any atom is 0.255 e. The van der Waals surface area contributed by atoms with Gasteiger partial charge >= 0.3 is 0 Å². The van der Waals surface area contributed by atoms with E-state index in [0.717, 1.165) is 12.8 Å². The second-order valence-corrected chi connectivity index (χ2v) is 5.17. The van der Waals surface area contributed by atoms with Gasteiger partial charge in [-0.1, -0.05) is 12.1 Å². The predicted molar refractivity (Wildman–Crippen MR) is 75.6 cm³/mol. The molecule has 1 fully saturated rings. The van der Waals surface area contributed by atoms with Crippen molar-refractivity contribution in [2.75, 3.05) is 6.54 Å². The lowest BCUT2D eigenvalue weighted by molar-refractivity contribution is -0.121. The van der Waals surface area contributed by atoms with Crippen molar-refractivity contribution < 1.29 is 14.7 Å². The molecule has 5 nitrogen and oxygen atoms in total. The fraction of sp³-hybridized carbons (Fsp3) is 0.467. The van der Waals surface area contributed by atoms with E-state index in [9.17, 15) is 14.7 Å². The molecule has 0 spiro atoms. The molecule has 1 aromatic carbocycles. The number of hydrogen-bond donors (Lipinski definition) is 3. The Hall–Kier alpha value is -2.04. The molecule has 5 heteroatoms. The minimum absolute atomic E-state index is 0.0106. The van der Waals surface area contributed by atoms with Crippen LogP contribution >= 0.6 is 0 Å². The summed E-state index contributed by atoms with van der Waals surface area (Å²) in [7, 11) is 0. The zero-order chi connectivity index (χ0) is 14.5. The van der Waals surface area contributed by atoms with Crippen molar-refractivity contribution in [3.63, 3.8) is 0 Å². The van der Waals surface area contributed by atoms with Crippen molar-refractivity contribution in [2.24, 2.45) is 0 Å². The first-order valence-electron chi connectivity index (χ1n) is 6.94. The number of aromatic hydroxyl groups is 1. The van der Waals surface area contributed by atoms with Gasteiger partial charge in [0.25, 0.3) is 5.91 Å². The second-order valence-electron chi connectivity index (χ2n) is 5.17. The Kier molecular flexibility index (Phi) is 4.61. The van der Waals surface area contributed by atoms with Gasteiger partial charge in [0, 0.05) is 19.0 Å². The van der Waals surface area contributed by atoms with E-state index in [0.29, 0.717) is 31.0 Å². The lowest BCUT2D eigenvalue weighted by Gasteiger charge is -2.08. The van der Waals surface area contributed by atoms with Crippen molar-refractivity contribution in [3.05, 3.63) is 29.3 Å². The van der Waals surface area contributed by atoms with Crippen LogP contribution < -0.4 is 10.6 Å². The fourth-order valence-electron chi connectivity index (χ4n) is 1.92. The Bertz CT molecular complexity index is 510. The Morgan fingerprint density at radius 3 is 2.80 bits per heavy atom. The Morgan fingerprint density at radius 2 is 2.10 bits per heavy atom. The van der Waals surface area contributed by atoms with Crippen LogP contribution in [0.2, 0.25) is 0 Å². The topological polar surface area (TPSA) is 78.4 Å². The van der Waals surface area contributed by atoms with Gasteiger partial charge in [-0.15, -0.1) is 0 Å². The number of hydrogen-bond acceptors (Lipinski definition) is 3. The van der Waals surface area contributed by atoms with E-state index in [2.05, 4.69) is 10.6 Å². The van der Waals surface area contributed by atoms with Crippen LogP contribution in [0.4, 0.5) is 0 Å². The minimum atomic E-state index is -0.311. The molecule has 0 atom stereocenters. The van der Waals surface area contributed by atoms with Crippen molar-refractivity contribution in [2.45, 2.75) is 38.6 Å². The molecule has 20 heavy (non-hydrogen) atoms. The highest BCUT2D eigenvalue weighted by Crippen LogP contribution is 2.21. The second kappa shape index (κ2) is 6.41. The maximum atomic E-state index is 11.9. The van der Waals surface area contributed by atoms with Gasteiger partial charge < -0.3 is 15.7 Å². The highest BCUT2D eigenvalue weighted by Gasteiger charge is 2.22. The fourth-order valence-corrected chi connectivity index (χ4v) is 1.92. The number of nitrogens with one attached hydrogen (secondary N) is 2. The van der Waals surface area contributed by atoms with Crippen LogP contribution in [-0.4, -0.2) is 29.5 Å². The molecule has 1 aliphatic carbocycles. The molecular formula is C15H20N2O3. The molecule has 0 aromatic heterocycles. The molecule has 108 valence electrons. The molecule has 0 heterocycles. The smallest absolute Gasteiger partial charge is 0.255 e. The SMILES string of the molecule is Cc1cccc(C(=O)NCCCC(=O)NC2CC2)c1O. The summed E-state index contributed by atoms with van der Waals surface area (Å²) in [5.41, 5.74) is 0.939. The average Bonchev–Trinajstić information content (AvgIpc) is 3.21. The van der Waals surface area contributed by atoms with Crippen LogP contribution in [0.5, 0.6) is 5.75 Å². The summed E-state index contributed by atoms with van der Waals surface area (Å²) in [4.78, 5) is 23.3. The van der Waals surface area contributed by atoms with Gasteiger partial charge in [0.1, 0.15) is 5.75 Å². The van der Waals surface area contributed by atoms with Crippen molar-refractivity contribution in [1.29, 1.82) is 0 Å². The number of carbonyl (C=O) groups excluding carboxylic acids is 2. The third-order valence-electron chi connectivity index (χ3n) is 3.29. The number of phenolic OH excluding ortho intramolecular Hbond substituents is 1. The standard InChI is InChI=1S/C15H20N2O3/c1-10-4-2-5-12(14(10)19)15(20)16-9-3-6-13(18)17-11-7-8-11/h2,4-5,11,19H,3,6-9H2,1H3,(H,16,20)(H,17,18). The van der Waals surface area contributed by atoms with E-state index in [4.69, 9.17) is 0 Å². The lowest BCUT2D eigenvalue weighted by Crippen LogP contribution is -2.28. The summed E-state index contributed by atoms with van der Waals surface area (Å²) in [6.45, 7) is 2.17. The van der Waals surface area contributed by atoms with Crippen LogP contribution in [0.15, 0.2) is 18.2 Å². The van der Waals surface area contributed by atoms with E-state index < -0.39 is 0 Å². The van der Waals surface area contributed by atoms with Gasteiger partial charge in [-0.25, -0.2) is 0 Å². The van der Waals surface area contributed by atoms with Crippen LogP contribution in [0.1, 0.15) is 41.6 Å². The van der Waals surface area contributed by atoms with Gasteiger partial charge in [0.05, 0.1) is 5.56 Å². The number of phenols is 1. The molecule has 1 aromatic rings.